The molecule has 1 heterocycles. The lowest BCUT2D eigenvalue weighted by molar-refractivity contribution is -0.156. The van der Waals surface area contributed by atoms with E-state index in [4.69, 9.17) is 4.74 Å². The monoisotopic (exact) mass is 517 g/mol. The van der Waals surface area contributed by atoms with E-state index in [0.29, 0.717) is 49.7 Å². The molecule has 1 saturated heterocycles. The van der Waals surface area contributed by atoms with Crippen LogP contribution < -0.4 is 10.1 Å². The van der Waals surface area contributed by atoms with E-state index >= 15 is 0 Å². The van der Waals surface area contributed by atoms with Crippen molar-refractivity contribution in [1.82, 2.24) is 15.3 Å². The minimum atomic E-state index is -0.724. The zero-order valence-corrected chi connectivity index (χ0v) is 22.4. The molecule has 1 aromatic carbocycles. The Morgan fingerprint density at radius 1 is 1.14 bits per heavy atom. The SMILES string of the molecule is CC(C)(C)[C@H](NC(=O)C(CC1CCCC1)CN(O)C=O)C(=O)N1CCC(Oc2ccc(CO)cc2)CC1. The van der Waals surface area contributed by atoms with E-state index in [1.54, 1.807) is 4.90 Å². The number of rotatable bonds is 11. The Kier molecular flexibility index (Phi) is 10.3. The van der Waals surface area contributed by atoms with Gasteiger partial charge in [0.05, 0.1) is 19.1 Å². The summed E-state index contributed by atoms with van der Waals surface area (Å²) in [5.41, 5.74) is 0.308. The van der Waals surface area contributed by atoms with Crippen molar-refractivity contribution < 1.29 is 29.4 Å². The minimum Gasteiger partial charge on any atom is -0.490 e. The van der Waals surface area contributed by atoms with Crippen molar-refractivity contribution in [3.63, 3.8) is 0 Å². The summed E-state index contributed by atoms with van der Waals surface area (Å²) in [5.74, 6) is 0.127. The number of likely N-dealkylation sites (tertiary alicyclic amines) is 1. The van der Waals surface area contributed by atoms with Crippen LogP contribution in [0.15, 0.2) is 24.3 Å². The Labute approximate surface area is 220 Å². The maximum absolute atomic E-state index is 13.6. The second kappa shape index (κ2) is 13.2. The van der Waals surface area contributed by atoms with Gasteiger partial charge in [-0.1, -0.05) is 58.6 Å². The molecule has 2 aliphatic rings. The highest BCUT2D eigenvalue weighted by atomic mass is 16.5. The normalized spacial score (nSPS) is 18.8. The van der Waals surface area contributed by atoms with Gasteiger partial charge >= 0.3 is 0 Å². The van der Waals surface area contributed by atoms with Gasteiger partial charge in [-0.2, -0.15) is 0 Å². The van der Waals surface area contributed by atoms with E-state index in [-0.39, 0.29) is 31.1 Å². The molecule has 0 aromatic heterocycles. The first-order valence-corrected chi connectivity index (χ1v) is 13.5. The minimum absolute atomic E-state index is 0.0110. The van der Waals surface area contributed by atoms with Crippen molar-refractivity contribution in [2.24, 2.45) is 17.3 Å². The van der Waals surface area contributed by atoms with Gasteiger partial charge in [-0.3, -0.25) is 19.6 Å². The van der Waals surface area contributed by atoms with Crippen LogP contribution in [-0.4, -0.2) is 70.3 Å². The first-order chi connectivity index (χ1) is 17.6. The molecule has 1 saturated carbocycles. The smallest absolute Gasteiger partial charge is 0.245 e. The molecule has 206 valence electrons. The van der Waals surface area contributed by atoms with Gasteiger partial charge < -0.3 is 20.1 Å². The van der Waals surface area contributed by atoms with Gasteiger partial charge in [0.25, 0.3) is 0 Å². The van der Waals surface area contributed by atoms with Crippen LogP contribution in [0, 0.1) is 17.3 Å². The first kappa shape index (κ1) is 28.9. The molecule has 3 amide bonds. The Morgan fingerprint density at radius 3 is 2.30 bits per heavy atom. The number of aliphatic hydroxyl groups excluding tert-OH is 1. The summed E-state index contributed by atoms with van der Waals surface area (Å²) in [6.07, 6.45) is 6.60. The third-order valence-corrected chi connectivity index (χ3v) is 7.55. The van der Waals surface area contributed by atoms with Crippen molar-refractivity contribution in [3.05, 3.63) is 29.8 Å². The zero-order chi connectivity index (χ0) is 27.0. The van der Waals surface area contributed by atoms with Crippen molar-refractivity contribution in [1.29, 1.82) is 0 Å². The molecular formula is C28H43N3O6. The number of amides is 3. The molecule has 9 nitrogen and oxygen atoms in total. The number of carbonyl (C=O) groups excluding carboxylic acids is 3. The van der Waals surface area contributed by atoms with E-state index in [9.17, 15) is 24.7 Å². The molecular weight excluding hydrogens is 474 g/mol. The van der Waals surface area contributed by atoms with Gasteiger partial charge in [0, 0.05) is 25.9 Å². The number of nitrogens with zero attached hydrogens (tertiary/aromatic N) is 2. The number of hydrogen-bond acceptors (Lipinski definition) is 6. The summed E-state index contributed by atoms with van der Waals surface area (Å²) in [6.45, 7) is 6.75. The third-order valence-electron chi connectivity index (χ3n) is 7.55. The Morgan fingerprint density at radius 2 is 1.76 bits per heavy atom. The summed E-state index contributed by atoms with van der Waals surface area (Å²) in [7, 11) is 0. The highest BCUT2D eigenvalue weighted by molar-refractivity contribution is 5.89. The molecule has 2 atom stereocenters. The highest BCUT2D eigenvalue weighted by Gasteiger charge is 2.39. The average molecular weight is 518 g/mol. The number of piperidine rings is 1. The molecule has 3 N–H and O–H groups in total. The average Bonchev–Trinajstić information content (AvgIpc) is 3.39. The number of hydrogen-bond donors (Lipinski definition) is 3. The lowest BCUT2D eigenvalue weighted by Crippen LogP contribution is -2.58. The molecule has 0 bridgehead atoms. The van der Waals surface area contributed by atoms with Crippen molar-refractivity contribution in [3.8, 4) is 5.75 Å². The first-order valence-electron chi connectivity index (χ1n) is 13.5. The standard InChI is InChI=1S/C28H43N3O6/c1-28(2,3)25(29-26(34)22(17-31(36)19-33)16-20-6-4-5-7-20)27(35)30-14-12-24(13-15-30)37-23-10-8-21(18-32)9-11-23/h8-11,19-20,22,24-25,32,36H,4-7,12-18H2,1-3H3,(H,29,34)/t22?,25-/m1/s1. The van der Waals surface area contributed by atoms with Crippen LogP contribution in [0.1, 0.15) is 71.3 Å². The molecule has 9 heteroatoms. The molecule has 3 rings (SSSR count). The fourth-order valence-electron chi connectivity index (χ4n) is 5.33. The molecule has 1 aliphatic carbocycles. The fraction of sp³-hybridized carbons (Fsp3) is 0.679. The largest absolute Gasteiger partial charge is 0.490 e. The number of nitrogens with one attached hydrogen (secondary N) is 1. The van der Waals surface area contributed by atoms with Gasteiger partial charge in [0.1, 0.15) is 17.9 Å². The topological polar surface area (TPSA) is 119 Å². The van der Waals surface area contributed by atoms with E-state index in [1.807, 2.05) is 45.0 Å². The van der Waals surface area contributed by atoms with Crippen LogP contribution in [0.25, 0.3) is 0 Å². The quantitative estimate of drug-likeness (QED) is 0.236. The molecule has 1 unspecified atom stereocenters. The van der Waals surface area contributed by atoms with Crippen molar-refractivity contribution >= 4 is 18.2 Å². The van der Waals surface area contributed by atoms with Crippen LogP contribution >= 0.6 is 0 Å². The van der Waals surface area contributed by atoms with Gasteiger partial charge in [0.15, 0.2) is 0 Å². The lowest BCUT2D eigenvalue weighted by atomic mass is 9.84. The molecule has 1 aromatic rings. The number of ether oxygens (including phenoxy) is 1. The van der Waals surface area contributed by atoms with Crippen LogP contribution in [0.4, 0.5) is 0 Å². The van der Waals surface area contributed by atoms with Crippen LogP contribution in [-0.2, 0) is 21.0 Å². The highest BCUT2D eigenvalue weighted by Crippen LogP contribution is 2.31. The van der Waals surface area contributed by atoms with E-state index < -0.39 is 17.4 Å². The second-order valence-electron chi connectivity index (χ2n) is 11.6. The van der Waals surface area contributed by atoms with E-state index in [2.05, 4.69) is 5.32 Å². The van der Waals surface area contributed by atoms with E-state index in [1.165, 1.54) is 0 Å². The number of hydroxylamine groups is 2. The van der Waals surface area contributed by atoms with Crippen LogP contribution in [0.5, 0.6) is 5.75 Å². The third kappa shape index (κ3) is 8.43. The molecule has 2 fully saturated rings. The zero-order valence-electron chi connectivity index (χ0n) is 22.4. The molecule has 1 aliphatic heterocycles. The second-order valence-corrected chi connectivity index (χ2v) is 11.6. The summed E-state index contributed by atoms with van der Waals surface area (Å²) in [6, 6.07) is 6.62. The Bertz CT molecular complexity index is 886. The molecule has 37 heavy (non-hydrogen) atoms. The maximum atomic E-state index is 13.6. The van der Waals surface area contributed by atoms with Gasteiger partial charge in [-0.05, 0) is 35.4 Å². The van der Waals surface area contributed by atoms with Crippen LogP contribution in [0.2, 0.25) is 0 Å². The maximum Gasteiger partial charge on any atom is 0.245 e. The van der Waals surface area contributed by atoms with E-state index in [0.717, 1.165) is 37.0 Å². The predicted molar refractivity (Wildman–Crippen MR) is 139 cm³/mol. The summed E-state index contributed by atoms with van der Waals surface area (Å²) >= 11 is 0. The van der Waals surface area contributed by atoms with Gasteiger partial charge in [0.2, 0.25) is 18.2 Å². The predicted octanol–water partition coefficient (Wildman–Crippen LogP) is 3.12. The summed E-state index contributed by atoms with van der Waals surface area (Å²) < 4.78 is 6.07. The Balaban J connectivity index is 1.60. The number of benzene rings is 1. The molecule has 0 spiro atoms. The van der Waals surface area contributed by atoms with Crippen molar-refractivity contribution in [2.75, 3.05) is 19.6 Å². The fourth-order valence-corrected chi connectivity index (χ4v) is 5.33. The summed E-state index contributed by atoms with van der Waals surface area (Å²) in [4.78, 5) is 39.8. The summed E-state index contributed by atoms with van der Waals surface area (Å²) in [5, 5.41) is 22.5. The number of aliphatic hydroxyl groups is 1. The number of carbonyl (C=O) groups is 3. The van der Waals surface area contributed by atoms with Gasteiger partial charge in [-0.25, -0.2) is 5.06 Å². The molecule has 0 radical (unpaired) electrons. The van der Waals surface area contributed by atoms with Crippen LogP contribution in [0.3, 0.4) is 0 Å². The van der Waals surface area contributed by atoms with Gasteiger partial charge in [-0.15, -0.1) is 0 Å². The van der Waals surface area contributed by atoms with Crippen molar-refractivity contribution in [2.45, 2.75) is 84.5 Å². The lowest BCUT2D eigenvalue weighted by Gasteiger charge is -2.39. The Hall–Kier alpha value is -2.65.